The largest absolute Gasteiger partial charge is 0.345 e. The molecule has 3 rings (SSSR count). The standard InChI is InChI=1S/C17H24N4O/c1-12-13(2)16-15(18-11-19-16)10-14(12)20-17(22)21-8-6-4-3-5-7-9-21/h10-11H,3-9H2,1-2H3,(H,18,19)(H,20,22). The van der Waals surface area contributed by atoms with Crippen LogP contribution in [-0.2, 0) is 0 Å². The van der Waals surface area contributed by atoms with Gasteiger partial charge < -0.3 is 15.2 Å². The van der Waals surface area contributed by atoms with Gasteiger partial charge >= 0.3 is 6.03 Å². The van der Waals surface area contributed by atoms with Crippen LogP contribution in [0.4, 0.5) is 10.5 Å². The Kier molecular flexibility index (Phi) is 4.32. The van der Waals surface area contributed by atoms with Gasteiger partial charge in [-0.2, -0.15) is 0 Å². The van der Waals surface area contributed by atoms with Crippen LogP contribution in [0.5, 0.6) is 0 Å². The van der Waals surface area contributed by atoms with Crippen molar-refractivity contribution in [3.63, 3.8) is 0 Å². The third-order valence-corrected chi connectivity index (χ3v) is 4.66. The van der Waals surface area contributed by atoms with Gasteiger partial charge in [0.05, 0.1) is 17.4 Å². The molecule has 0 atom stereocenters. The number of carbonyl (C=O) groups is 1. The highest BCUT2D eigenvalue weighted by Crippen LogP contribution is 2.26. The maximum absolute atomic E-state index is 12.6. The van der Waals surface area contributed by atoms with Gasteiger partial charge in [-0.05, 0) is 43.9 Å². The van der Waals surface area contributed by atoms with Crippen LogP contribution < -0.4 is 5.32 Å². The Morgan fingerprint density at radius 1 is 1.14 bits per heavy atom. The molecule has 1 fully saturated rings. The number of rotatable bonds is 1. The molecule has 2 heterocycles. The van der Waals surface area contributed by atoms with E-state index in [1.807, 2.05) is 24.8 Å². The highest BCUT2D eigenvalue weighted by molar-refractivity contribution is 5.94. The van der Waals surface area contributed by atoms with Crippen molar-refractivity contribution in [1.82, 2.24) is 14.9 Å². The second-order valence-corrected chi connectivity index (χ2v) is 6.16. The van der Waals surface area contributed by atoms with Gasteiger partial charge in [0.1, 0.15) is 0 Å². The van der Waals surface area contributed by atoms with E-state index in [2.05, 4.69) is 15.3 Å². The fraction of sp³-hybridized carbons (Fsp3) is 0.529. The summed E-state index contributed by atoms with van der Waals surface area (Å²) in [5.41, 5.74) is 5.01. The molecule has 2 amide bonds. The third kappa shape index (κ3) is 2.93. The van der Waals surface area contributed by atoms with E-state index in [1.54, 1.807) is 6.33 Å². The first kappa shape index (κ1) is 14.9. The number of fused-ring (bicyclic) bond motifs is 1. The Labute approximate surface area is 131 Å². The first-order valence-corrected chi connectivity index (χ1v) is 8.16. The third-order valence-electron chi connectivity index (χ3n) is 4.66. The number of hydrogen-bond donors (Lipinski definition) is 2. The zero-order chi connectivity index (χ0) is 15.5. The Bertz CT molecular complexity index is 669. The molecule has 118 valence electrons. The quantitative estimate of drug-likeness (QED) is 0.837. The fourth-order valence-electron chi connectivity index (χ4n) is 3.12. The summed E-state index contributed by atoms with van der Waals surface area (Å²) in [5, 5.41) is 3.09. The Morgan fingerprint density at radius 3 is 2.55 bits per heavy atom. The van der Waals surface area contributed by atoms with Crippen LogP contribution in [-0.4, -0.2) is 34.0 Å². The van der Waals surface area contributed by atoms with E-state index in [0.717, 1.165) is 53.8 Å². The molecule has 1 aromatic carbocycles. The average Bonchev–Trinajstić information content (AvgIpc) is 2.92. The lowest BCUT2D eigenvalue weighted by atomic mass is 10.1. The molecule has 0 spiro atoms. The van der Waals surface area contributed by atoms with Crippen molar-refractivity contribution in [3.8, 4) is 0 Å². The van der Waals surface area contributed by atoms with E-state index in [1.165, 1.54) is 19.3 Å². The van der Waals surface area contributed by atoms with Gasteiger partial charge in [0, 0.05) is 18.8 Å². The van der Waals surface area contributed by atoms with Crippen molar-refractivity contribution < 1.29 is 4.79 Å². The molecule has 0 bridgehead atoms. The van der Waals surface area contributed by atoms with Crippen molar-refractivity contribution in [1.29, 1.82) is 0 Å². The average molecular weight is 300 g/mol. The minimum Gasteiger partial charge on any atom is -0.345 e. The number of H-pyrrole nitrogens is 1. The molecular formula is C17H24N4O. The topological polar surface area (TPSA) is 61.0 Å². The summed E-state index contributed by atoms with van der Waals surface area (Å²) in [7, 11) is 0. The summed E-state index contributed by atoms with van der Waals surface area (Å²) < 4.78 is 0. The number of likely N-dealkylation sites (tertiary alicyclic amines) is 1. The molecular weight excluding hydrogens is 276 g/mol. The number of aromatic nitrogens is 2. The molecule has 1 aliphatic rings. The number of nitrogens with one attached hydrogen (secondary N) is 2. The Morgan fingerprint density at radius 2 is 1.82 bits per heavy atom. The predicted octanol–water partition coefficient (Wildman–Crippen LogP) is 3.98. The zero-order valence-corrected chi connectivity index (χ0v) is 13.4. The number of nitrogens with zero attached hydrogens (tertiary/aromatic N) is 2. The molecule has 2 N–H and O–H groups in total. The Balaban J connectivity index is 1.79. The molecule has 0 saturated carbocycles. The molecule has 0 radical (unpaired) electrons. The molecule has 1 aliphatic heterocycles. The van der Waals surface area contributed by atoms with Crippen molar-refractivity contribution in [2.45, 2.75) is 46.0 Å². The maximum atomic E-state index is 12.6. The van der Waals surface area contributed by atoms with E-state index in [4.69, 9.17) is 0 Å². The van der Waals surface area contributed by atoms with Crippen molar-refractivity contribution in [3.05, 3.63) is 23.5 Å². The van der Waals surface area contributed by atoms with Gasteiger partial charge in [-0.1, -0.05) is 19.3 Å². The lowest BCUT2D eigenvalue weighted by Crippen LogP contribution is -2.37. The summed E-state index contributed by atoms with van der Waals surface area (Å²) >= 11 is 0. The van der Waals surface area contributed by atoms with Crippen molar-refractivity contribution in [2.75, 3.05) is 18.4 Å². The molecule has 0 aliphatic carbocycles. The Hall–Kier alpha value is -2.04. The van der Waals surface area contributed by atoms with Crippen LogP contribution in [0.15, 0.2) is 12.4 Å². The smallest absolute Gasteiger partial charge is 0.321 e. The van der Waals surface area contributed by atoms with Crippen molar-refractivity contribution in [2.24, 2.45) is 0 Å². The van der Waals surface area contributed by atoms with Gasteiger partial charge in [0.25, 0.3) is 0 Å². The normalized spacial score (nSPS) is 16.4. The highest BCUT2D eigenvalue weighted by atomic mass is 16.2. The van der Waals surface area contributed by atoms with Crippen molar-refractivity contribution >= 4 is 22.8 Å². The number of urea groups is 1. The van der Waals surface area contributed by atoms with Gasteiger partial charge in [-0.25, -0.2) is 9.78 Å². The zero-order valence-electron chi connectivity index (χ0n) is 13.4. The number of amides is 2. The summed E-state index contributed by atoms with van der Waals surface area (Å²) in [4.78, 5) is 22.0. The predicted molar refractivity (Wildman–Crippen MR) is 89.2 cm³/mol. The number of hydrogen-bond acceptors (Lipinski definition) is 2. The monoisotopic (exact) mass is 300 g/mol. The van der Waals surface area contributed by atoms with Gasteiger partial charge in [-0.3, -0.25) is 0 Å². The lowest BCUT2D eigenvalue weighted by molar-refractivity contribution is 0.206. The SMILES string of the molecule is Cc1c(NC(=O)N2CCCCCCC2)cc2[nH]cnc2c1C. The minimum absolute atomic E-state index is 0.0169. The second kappa shape index (κ2) is 6.38. The molecule has 5 nitrogen and oxygen atoms in total. The first-order chi connectivity index (χ1) is 10.7. The number of benzene rings is 1. The number of imidazole rings is 1. The van der Waals surface area contributed by atoms with Gasteiger partial charge in [0.2, 0.25) is 0 Å². The lowest BCUT2D eigenvalue weighted by Gasteiger charge is -2.25. The summed E-state index contributed by atoms with van der Waals surface area (Å²) in [6, 6.07) is 2.00. The number of anilines is 1. The molecule has 5 heteroatoms. The van der Waals surface area contributed by atoms with E-state index >= 15 is 0 Å². The van der Waals surface area contributed by atoms with E-state index in [0.29, 0.717) is 0 Å². The number of aryl methyl sites for hydroxylation is 1. The number of aromatic amines is 1. The van der Waals surface area contributed by atoms with Crippen LogP contribution in [0.3, 0.4) is 0 Å². The number of carbonyl (C=O) groups excluding carboxylic acids is 1. The summed E-state index contributed by atoms with van der Waals surface area (Å²) in [6.45, 7) is 5.79. The molecule has 1 aromatic heterocycles. The molecule has 1 saturated heterocycles. The molecule has 2 aromatic rings. The van der Waals surface area contributed by atoms with Gasteiger partial charge in [0.15, 0.2) is 0 Å². The first-order valence-electron chi connectivity index (χ1n) is 8.16. The van der Waals surface area contributed by atoms with Crippen LogP contribution in [0, 0.1) is 13.8 Å². The molecule has 0 unspecified atom stereocenters. The van der Waals surface area contributed by atoms with Crippen LogP contribution in [0.25, 0.3) is 11.0 Å². The van der Waals surface area contributed by atoms with Crippen LogP contribution in [0.2, 0.25) is 0 Å². The minimum atomic E-state index is 0.0169. The van der Waals surface area contributed by atoms with Crippen LogP contribution in [0.1, 0.15) is 43.2 Å². The molecule has 22 heavy (non-hydrogen) atoms. The van der Waals surface area contributed by atoms with Gasteiger partial charge in [-0.15, -0.1) is 0 Å². The summed E-state index contributed by atoms with van der Waals surface area (Å²) in [6.07, 6.45) is 7.64. The summed E-state index contributed by atoms with van der Waals surface area (Å²) in [5.74, 6) is 0. The fourth-order valence-corrected chi connectivity index (χ4v) is 3.12. The van der Waals surface area contributed by atoms with E-state index in [-0.39, 0.29) is 6.03 Å². The van der Waals surface area contributed by atoms with Crippen LogP contribution >= 0.6 is 0 Å². The van der Waals surface area contributed by atoms with E-state index < -0.39 is 0 Å². The van der Waals surface area contributed by atoms with E-state index in [9.17, 15) is 4.79 Å². The maximum Gasteiger partial charge on any atom is 0.321 e. The second-order valence-electron chi connectivity index (χ2n) is 6.16. The highest BCUT2D eigenvalue weighted by Gasteiger charge is 2.17.